The molecule has 10 aromatic rings. The molecular formula is C60H55N4OPt-. The molecule has 332 valence electrons. The minimum atomic E-state index is -0.170. The van der Waals surface area contributed by atoms with Crippen LogP contribution >= 0.6 is 0 Å². The van der Waals surface area contributed by atoms with E-state index in [1.54, 1.807) is 6.07 Å². The zero-order valence-corrected chi connectivity index (χ0v) is 41.4. The van der Waals surface area contributed by atoms with Crippen molar-refractivity contribution in [2.75, 3.05) is 0 Å². The summed E-state index contributed by atoms with van der Waals surface area (Å²) in [6.45, 7) is 20.3. The number of rotatable bonds is 6. The molecule has 1 N–H and O–H groups in total. The Balaban J connectivity index is 0.00000548. The molecule has 0 spiro atoms. The summed E-state index contributed by atoms with van der Waals surface area (Å²) in [7, 11) is 0. The molecule has 0 unspecified atom stereocenters. The summed E-state index contributed by atoms with van der Waals surface area (Å²) >= 11 is 0. The first-order chi connectivity index (χ1) is 31.0. The Bertz CT molecular complexity index is 3410. The molecule has 5 nitrogen and oxygen atoms in total. The molecule has 10 rings (SSSR count). The van der Waals surface area contributed by atoms with E-state index in [1.807, 2.05) is 24.4 Å². The first-order valence-electron chi connectivity index (χ1n) is 22.6. The van der Waals surface area contributed by atoms with Gasteiger partial charge in [0.25, 0.3) is 0 Å². The minimum Gasteiger partial charge on any atom is -0.507 e. The van der Waals surface area contributed by atoms with E-state index in [0.29, 0.717) is 11.4 Å². The molecule has 7 aromatic carbocycles. The fourth-order valence-corrected chi connectivity index (χ4v) is 9.08. The monoisotopic (exact) mass is 1040 g/mol. The van der Waals surface area contributed by atoms with Gasteiger partial charge in [0.2, 0.25) is 0 Å². The second-order valence-electron chi connectivity index (χ2n) is 20.5. The molecule has 3 aromatic heterocycles. The van der Waals surface area contributed by atoms with E-state index in [0.717, 1.165) is 61.4 Å². The molecule has 0 aliphatic rings. The van der Waals surface area contributed by atoms with Crippen molar-refractivity contribution in [2.24, 2.45) is 0 Å². The number of hydrogen-bond donors (Lipinski definition) is 1. The average Bonchev–Trinajstić information content (AvgIpc) is 3.84. The number of pyridine rings is 1. The number of fused-ring (bicyclic) bond motifs is 4. The van der Waals surface area contributed by atoms with E-state index in [2.05, 4.69) is 211 Å². The van der Waals surface area contributed by atoms with Gasteiger partial charge in [0.05, 0.1) is 27.6 Å². The van der Waals surface area contributed by atoms with Crippen LogP contribution in [0.4, 0.5) is 0 Å². The van der Waals surface area contributed by atoms with E-state index in [1.165, 1.54) is 33.0 Å². The average molecular weight is 1040 g/mol. The number of benzene rings is 7. The summed E-state index contributed by atoms with van der Waals surface area (Å²) in [6, 6.07) is 59.5. The number of phenols is 1. The van der Waals surface area contributed by atoms with Crippen molar-refractivity contribution < 1.29 is 26.2 Å². The first kappa shape index (κ1) is 44.6. The van der Waals surface area contributed by atoms with Crippen molar-refractivity contribution in [3.8, 4) is 62.0 Å². The zero-order chi connectivity index (χ0) is 45.4. The zero-order valence-electron chi connectivity index (χ0n) is 39.1. The predicted molar refractivity (Wildman–Crippen MR) is 272 cm³/mol. The number of nitrogens with zero attached hydrogens (tertiary/aromatic N) is 4. The molecule has 0 bridgehead atoms. The molecule has 0 amide bonds. The number of aromatic hydroxyl groups is 1. The standard InChI is InChI=1S/C60H55N4O.Pt/c1-58(2,3)42-31-40(30-41(32-42)51-33-39(28-29-61-51)38-26-27-49-48-20-13-15-23-52(48)63(54(49)34-38)45-18-11-10-12-19-45)47-22-17-24-53-56(47)62-57(50-21-14-16-25-55(50)65)64(53)46-36-43(59(4,5)6)35-44(37-46)60(7,8)9;/h10-29,31-37,65H,1-9H3;/q-1;. The van der Waals surface area contributed by atoms with Crippen LogP contribution in [0.1, 0.15) is 79.0 Å². The summed E-state index contributed by atoms with van der Waals surface area (Å²) in [6.07, 6.45) is 1.91. The third kappa shape index (κ3) is 8.09. The number of imidazole rings is 1. The Morgan fingerprint density at radius 2 is 1.06 bits per heavy atom. The molecule has 0 aliphatic carbocycles. The fraction of sp³-hybridized carbons (Fsp3) is 0.200. The van der Waals surface area contributed by atoms with Crippen LogP contribution in [-0.2, 0) is 37.3 Å². The van der Waals surface area contributed by atoms with Gasteiger partial charge in [-0.1, -0.05) is 158 Å². The van der Waals surface area contributed by atoms with Gasteiger partial charge in [0.15, 0.2) is 0 Å². The number of phenolic OH excluding ortho intramolecular Hbond substituents is 1. The van der Waals surface area contributed by atoms with Crippen molar-refractivity contribution in [3.05, 3.63) is 187 Å². The van der Waals surface area contributed by atoms with Crippen molar-refractivity contribution in [2.45, 2.75) is 78.6 Å². The van der Waals surface area contributed by atoms with Crippen molar-refractivity contribution in [3.63, 3.8) is 0 Å². The molecule has 0 saturated heterocycles. The van der Waals surface area contributed by atoms with Gasteiger partial charge in [-0.3, -0.25) is 9.55 Å². The van der Waals surface area contributed by atoms with Crippen LogP contribution in [0, 0.1) is 6.07 Å². The Morgan fingerprint density at radius 1 is 0.470 bits per heavy atom. The summed E-state index contributed by atoms with van der Waals surface area (Å²) in [5.41, 5.74) is 16.1. The van der Waals surface area contributed by atoms with Crippen LogP contribution in [0.15, 0.2) is 164 Å². The maximum Gasteiger partial charge on any atom is 0.148 e. The largest absolute Gasteiger partial charge is 0.507 e. The maximum absolute atomic E-state index is 11.4. The topological polar surface area (TPSA) is 55.9 Å². The summed E-state index contributed by atoms with van der Waals surface area (Å²) in [4.78, 5) is 10.5. The van der Waals surface area contributed by atoms with Crippen molar-refractivity contribution in [1.29, 1.82) is 0 Å². The molecule has 0 saturated carbocycles. The van der Waals surface area contributed by atoms with Gasteiger partial charge in [-0.05, 0) is 99.2 Å². The Kier molecular flexibility index (Phi) is 11.3. The molecule has 3 heterocycles. The molecule has 0 fully saturated rings. The first-order valence-corrected chi connectivity index (χ1v) is 22.6. The number of hydrogen-bond acceptors (Lipinski definition) is 3. The van der Waals surface area contributed by atoms with E-state index < -0.39 is 0 Å². The fourth-order valence-electron chi connectivity index (χ4n) is 9.08. The second-order valence-corrected chi connectivity index (χ2v) is 20.5. The van der Waals surface area contributed by atoms with Gasteiger partial charge in [0.1, 0.15) is 11.6 Å². The van der Waals surface area contributed by atoms with Gasteiger partial charge in [0, 0.05) is 55.1 Å². The Labute approximate surface area is 403 Å². The van der Waals surface area contributed by atoms with Crippen LogP contribution in [0.2, 0.25) is 0 Å². The SMILES string of the molecule is CC(C)(C)c1cc(-c2cc(-c3ccc4c5ccccc5n(-c5ccccc5)c4c3)ccn2)[c-]c(-c2cccc3c2nc(-c2ccccc2O)n3-c2cc(C(C)(C)C)cc(C(C)(C)C)c2)c1.[Pt]. The molecule has 0 radical (unpaired) electrons. The molecular weight excluding hydrogens is 988 g/mol. The van der Waals surface area contributed by atoms with Gasteiger partial charge in [-0.15, -0.1) is 29.3 Å². The summed E-state index contributed by atoms with van der Waals surface area (Å²) in [5, 5.41) is 13.8. The molecule has 0 aliphatic heterocycles. The third-order valence-electron chi connectivity index (χ3n) is 12.8. The van der Waals surface area contributed by atoms with Gasteiger partial charge < -0.3 is 9.67 Å². The van der Waals surface area contributed by atoms with E-state index in [-0.39, 0.29) is 43.1 Å². The Hall–Kier alpha value is -6.55. The number of para-hydroxylation sites is 4. The van der Waals surface area contributed by atoms with Gasteiger partial charge in [-0.2, -0.15) is 0 Å². The Morgan fingerprint density at radius 3 is 1.77 bits per heavy atom. The predicted octanol–water partition coefficient (Wildman–Crippen LogP) is 15.6. The number of aromatic nitrogens is 4. The van der Waals surface area contributed by atoms with Gasteiger partial charge in [-0.25, -0.2) is 4.98 Å². The van der Waals surface area contributed by atoms with Crippen LogP contribution in [0.3, 0.4) is 0 Å². The van der Waals surface area contributed by atoms with Crippen molar-refractivity contribution >= 4 is 32.8 Å². The third-order valence-corrected chi connectivity index (χ3v) is 12.8. The summed E-state index contributed by atoms with van der Waals surface area (Å²) in [5.74, 6) is 0.866. The minimum absolute atomic E-state index is 0. The van der Waals surface area contributed by atoms with E-state index in [9.17, 15) is 5.11 Å². The van der Waals surface area contributed by atoms with Crippen LogP contribution in [0.25, 0.3) is 89.1 Å². The van der Waals surface area contributed by atoms with E-state index >= 15 is 0 Å². The second kappa shape index (κ2) is 16.7. The maximum atomic E-state index is 11.4. The van der Waals surface area contributed by atoms with E-state index in [4.69, 9.17) is 9.97 Å². The van der Waals surface area contributed by atoms with Crippen molar-refractivity contribution in [1.82, 2.24) is 19.1 Å². The smallest absolute Gasteiger partial charge is 0.148 e. The molecule has 66 heavy (non-hydrogen) atoms. The summed E-state index contributed by atoms with van der Waals surface area (Å²) < 4.78 is 4.59. The van der Waals surface area contributed by atoms with Crippen LogP contribution in [-0.4, -0.2) is 24.2 Å². The van der Waals surface area contributed by atoms with Crippen LogP contribution in [0.5, 0.6) is 5.75 Å². The quantitative estimate of drug-likeness (QED) is 0.169. The van der Waals surface area contributed by atoms with Gasteiger partial charge >= 0.3 is 0 Å². The molecule has 0 atom stereocenters. The van der Waals surface area contributed by atoms with Crippen LogP contribution < -0.4 is 0 Å². The molecule has 6 heteroatoms. The normalized spacial score (nSPS) is 12.3.